The number of rotatable bonds is 14. The summed E-state index contributed by atoms with van der Waals surface area (Å²) in [5, 5.41) is 3.00. The van der Waals surface area contributed by atoms with Crippen LogP contribution >= 0.6 is 0 Å². The van der Waals surface area contributed by atoms with Crippen molar-refractivity contribution in [2.75, 3.05) is 18.0 Å². The van der Waals surface area contributed by atoms with Gasteiger partial charge in [-0.2, -0.15) is 0 Å². The highest BCUT2D eigenvalue weighted by molar-refractivity contribution is 7.92. The Morgan fingerprint density at radius 2 is 1.44 bits per heavy atom. The van der Waals surface area contributed by atoms with Crippen LogP contribution in [-0.4, -0.2) is 50.9 Å². The standard InChI is InChI=1S/C35H38FN3O5S/c1-4-26(2)37-35(41)33(23-27-11-7-5-8-12-27)38(24-28-15-17-29(36)18-16-28)34(40)25-39(30-19-21-31(44-3)22-20-30)45(42,43)32-13-9-6-10-14-32/h5-22,26,33H,4,23-25H2,1-3H3,(H,37,41)/t26-,33+/m1/s1. The Morgan fingerprint density at radius 3 is 2.02 bits per heavy atom. The maximum atomic E-state index is 14.4. The second-order valence-electron chi connectivity index (χ2n) is 10.7. The van der Waals surface area contributed by atoms with Gasteiger partial charge in [0, 0.05) is 19.0 Å². The Labute approximate surface area is 264 Å². The maximum absolute atomic E-state index is 14.4. The number of nitrogens with one attached hydrogen (secondary N) is 1. The third-order valence-corrected chi connectivity index (χ3v) is 9.30. The molecule has 0 aliphatic heterocycles. The molecule has 4 aromatic rings. The monoisotopic (exact) mass is 631 g/mol. The Kier molecular flexibility index (Phi) is 11.3. The molecule has 0 bridgehead atoms. The number of halogens is 1. The van der Waals surface area contributed by atoms with Crippen LogP contribution in [0.2, 0.25) is 0 Å². The lowest BCUT2D eigenvalue weighted by atomic mass is 10.0. The summed E-state index contributed by atoms with van der Waals surface area (Å²) in [4.78, 5) is 29.7. The van der Waals surface area contributed by atoms with Gasteiger partial charge in [0.05, 0.1) is 17.7 Å². The zero-order valence-electron chi connectivity index (χ0n) is 25.6. The van der Waals surface area contributed by atoms with Crippen molar-refractivity contribution in [1.82, 2.24) is 10.2 Å². The number of amides is 2. The molecule has 2 atom stereocenters. The summed E-state index contributed by atoms with van der Waals surface area (Å²) in [7, 11) is -2.71. The first-order valence-corrected chi connectivity index (χ1v) is 16.2. The van der Waals surface area contributed by atoms with Gasteiger partial charge in [0.15, 0.2) is 0 Å². The minimum absolute atomic E-state index is 0.00838. The van der Waals surface area contributed by atoms with E-state index in [9.17, 15) is 22.4 Å². The van der Waals surface area contributed by atoms with Crippen molar-refractivity contribution in [2.45, 2.75) is 50.2 Å². The lowest BCUT2D eigenvalue weighted by Gasteiger charge is -2.34. The highest BCUT2D eigenvalue weighted by Gasteiger charge is 2.35. The predicted octanol–water partition coefficient (Wildman–Crippen LogP) is 5.58. The van der Waals surface area contributed by atoms with Gasteiger partial charge in [-0.25, -0.2) is 12.8 Å². The van der Waals surface area contributed by atoms with E-state index in [1.807, 2.05) is 44.2 Å². The first-order chi connectivity index (χ1) is 21.6. The van der Waals surface area contributed by atoms with E-state index in [4.69, 9.17) is 4.74 Å². The molecule has 8 nitrogen and oxygen atoms in total. The number of anilines is 1. The van der Waals surface area contributed by atoms with Gasteiger partial charge in [-0.15, -0.1) is 0 Å². The molecule has 0 saturated heterocycles. The van der Waals surface area contributed by atoms with Crippen LogP contribution in [0.1, 0.15) is 31.4 Å². The van der Waals surface area contributed by atoms with Crippen molar-refractivity contribution < 1.29 is 27.1 Å². The molecule has 0 fully saturated rings. The zero-order chi connectivity index (χ0) is 32.4. The molecule has 4 rings (SSSR count). The zero-order valence-corrected chi connectivity index (χ0v) is 26.4. The number of ether oxygens (including phenoxy) is 1. The van der Waals surface area contributed by atoms with Crippen LogP contribution in [0.15, 0.2) is 114 Å². The molecular formula is C35H38FN3O5S. The van der Waals surface area contributed by atoms with Crippen LogP contribution in [0.4, 0.5) is 10.1 Å². The maximum Gasteiger partial charge on any atom is 0.264 e. The fourth-order valence-electron chi connectivity index (χ4n) is 4.78. The van der Waals surface area contributed by atoms with Crippen LogP contribution < -0.4 is 14.4 Å². The van der Waals surface area contributed by atoms with E-state index < -0.39 is 34.3 Å². The van der Waals surface area contributed by atoms with E-state index in [-0.39, 0.29) is 35.5 Å². The first-order valence-electron chi connectivity index (χ1n) is 14.7. The SMILES string of the molecule is CC[C@@H](C)NC(=O)[C@H](Cc1ccccc1)N(Cc1ccc(F)cc1)C(=O)CN(c1ccc(OC)cc1)S(=O)(=O)c1ccccc1. The van der Waals surface area contributed by atoms with Crippen LogP contribution in [0.3, 0.4) is 0 Å². The van der Waals surface area contributed by atoms with Gasteiger partial charge in [-0.1, -0.05) is 67.6 Å². The topological polar surface area (TPSA) is 96.0 Å². The molecule has 0 spiro atoms. The van der Waals surface area contributed by atoms with Crippen LogP contribution in [0.25, 0.3) is 0 Å². The molecule has 1 N–H and O–H groups in total. The van der Waals surface area contributed by atoms with E-state index in [0.717, 1.165) is 9.87 Å². The molecule has 4 aromatic carbocycles. The minimum atomic E-state index is -4.21. The Balaban J connectivity index is 1.79. The van der Waals surface area contributed by atoms with Gasteiger partial charge < -0.3 is 15.0 Å². The van der Waals surface area contributed by atoms with Gasteiger partial charge in [0.25, 0.3) is 10.0 Å². The van der Waals surface area contributed by atoms with Gasteiger partial charge in [0.2, 0.25) is 11.8 Å². The molecule has 45 heavy (non-hydrogen) atoms. The Bertz CT molecular complexity index is 1650. The number of benzene rings is 4. The second-order valence-corrected chi connectivity index (χ2v) is 12.6. The first kappa shape index (κ1) is 33.2. The summed E-state index contributed by atoms with van der Waals surface area (Å²) in [5.74, 6) is -0.892. The van der Waals surface area contributed by atoms with E-state index in [0.29, 0.717) is 17.7 Å². The quantitative estimate of drug-likeness (QED) is 0.196. The van der Waals surface area contributed by atoms with E-state index in [2.05, 4.69) is 5.32 Å². The number of hydrogen-bond acceptors (Lipinski definition) is 5. The van der Waals surface area contributed by atoms with E-state index in [1.165, 1.54) is 36.3 Å². The van der Waals surface area contributed by atoms with Crippen molar-refractivity contribution in [2.24, 2.45) is 0 Å². The van der Waals surface area contributed by atoms with Crippen molar-refractivity contribution in [3.05, 3.63) is 126 Å². The normalized spacial score (nSPS) is 12.5. The fourth-order valence-corrected chi connectivity index (χ4v) is 6.21. The third kappa shape index (κ3) is 8.69. The van der Waals surface area contributed by atoms with Crippen molar-refractivity contribution in [1.29, 1.82) is 0 Å². The van der Waals surface area contributed by atoms with Crippen molar-refractivity contribution >= 4 is 27.5 Å². The summed E-state index contributed by atoms with van der Waals surface area (Å²) in [5.41, 5.74) is 1.65. The lowest BCUT2D eigenvalue weighted by Crippen LogP contribution is -2.54. The molecule has 0 aliphatic carbocycles. The van der Waals surface area contributed by atoms with Crippen LogP contribution in [0, 0.1) is 5.82 Å². The molecule has 0 heterocycles. The fraction of sp³-hybridized carbons (Fsp3) is 0.257. The molecule has 236 valence electrons. The average molecular weight is 632 g/mol. The molecule has 0 aromatic heterocycles. The van der Waals surface area contributed by atoms with Crippen molar-refractivity contribution in [3.63, 3.8) is 0 Å². The van der Waals surface area contributed by atoms with Crippen LogP contribution in [0.5, 0.6) is 5.75 Å². The largest absolute Gasteiger partial charge is 0.497 e. The van der Waals surface area contributed by atoms with Gasteiger partial charge in [0.1, 0.15) is 24.2 Å². The number of methoxy groups -OCH3 is 1. The van der Waals surface area contributed by atoms with Gasteiger partial charge in [-0.05, 0) is 73.0 Å². The summed E-state index contributed by atoms with van der Waals surface area (Å²) in [6.07, 6.45) is 0.861. The molecule has 0 saturated carbocycles. The number of nitrogens with zero attached hydrogens (tertiary/aromatic N) is 2. The molecular weight excluding hydrogens is 593 g/mol. The molecule has 2 amide bonds. The Morgan fingerprint density at radius 1 is 0.844 bits per heavy atom. The molecule has 0 radical (unpaired) electrons. The second kappa shape index (κ2) is 15.3. The third-order valence-electron chi connectivity index (χ3n) is 7.51. The van der Waals surface area contributed by atoms with Crippen LogP contribution in [-0.2, 0) is 32.6 Å². The lowest BCUT2D eigenvalue weighted by molar-refractivity contribution is -0.140. The van der Waals surface area contributed by atoms with E-state index >= 15 is 0 Å². The number of carbonyl (C=O) groups is 2. The summed E-state index contributed by atoms with van der Waals surface area (Å²) in [6, 6.07) is 28.0. The summed E-state index contributed by atoms with van der Waals surface area (Å²) >= 11 is 0. The number of carbonyl (C=O) groups excluding carboxylic acids is 2. The minimum Gasteiger partial charge on any atom is -0.497 e. The summed E-state index contributed by atoms with van der Waals surface area (Å²) in [6.45, 7) is 3.18. The van der Waals surface area contributed by atoms with Gasteiger partial charge in [-0.3, -0.25) is 13.9 Å². The Hall–Kier alpha value is -4.70. The summed E-state index contributed by atoms with van der Waals surface area (Å²) < 4.78 is 48.2. The smallest absolute Gasteiger partial charge is 0.264 e. The average Bonchev–Trinajstić information content (AvgIpc) is 3.06. The van der Waals surface area contributed by atoms with E-state index in [1.54, 1.807) is 54.6 Å². The van der Waals surface area contributed by atoms with Crippen molar-refractivity contribution in [3.8, 4) is 5.75 Å². The molecule has 10 heteroatoms. The number of sulfonamides is 1. The molecule has 0 aliphatic rings. The predicted molar refractivity (Wildman–Crippen MR) is 173 cm³/mol. The highest BCUT2D eigenvalue weighted by Crippen LogP contribution is 2.27. The number of hydrogen-bond donors (Lipinski definition) is 1. The van der Waals surface area contributed by atoms with Gasteiger partial charge >= 0.3 is 0 Å². The highest BCUT2D eigenvalue weighted by atomic mass is 32.2. The molecule has 0 unspecified atom stereocenters.